The zero-order valence-corrected chi connectivity index (χ0v) is 27.8. The molecule has 4 aromatic rings. The topological polar surface area (TPSA) is 86.8 Å². The number of benzene rings is 4. The highest BCUT2D eigenvalue weighted by molar-refractivity contribution is 7.92. The van der Waals surface area contributed by atoms with Gasteiger partial charge in [-0.3, -0.25) is 13.9 Å². The van der Waals surface area contributed by atoms with Gasteiger partial charge in [0.05, 0.1) is 10.6 Å². The van der Waals surface area contributed by atoms with E-state index < -0.39 is 28.5 Å². The molecule has 2 atom stereocenters. The number of amides is 2. The van der Waals surface area contributed by atoms with Gasteiger partial charge in [-0.05, 0) is 61.7 Å². The molecule has 0 unspecified atom stereocenters. The molecule has 0 fully saturated rings. The molecule has 7 nitrogen and oxygen atoms in total. The molecule has 0 aromatic heterocycles. The fraction of sp³-hybridized carbons (Fsp3) is 0.257. The van der Waals surface area contributed by atoms with Gasteiger partial charge in [0.2, 0.25) is 11.8 Å². The largest absolute Gasteiger partial charge is 0.352 e. The number of rotatable bonds is 13. The number of nitrogens with one attached hydrogen (secondary N) is 1. The Kier molecular flexibility index (Phi) is 11.7. The van der Waals surface area contributed by atoms with E-state index in [0.29, 0.717) is 6.42 Å². The number of sulfonamides is 1. The van der Waals surface area contributed by atoms with Gasteiger partial charge in [0.15, 0.2) is 0 Å². The van der Waals surface area contributed by atoms with Crippen molar-refractivity contribution in [2.24, 2.45) is 0 Å². The average molecular weight is 667 g/mol. The second kappa shape index (κ2) is 15.4. The lowest BCUT2D eigenvalue weighted by Gasteiger charge is -2.34. The van der Waals surface area contributed by atoms with Crippen molar-refractivity contribution in [1.82, 2.24) is 10.2 Å². The Hall–Kier alpha value is -3.85. The number of nitrogens with zero attached hydrogens (tertiary/aromatic N) is 2. The maximum Gasteiger partial charge on any atom is 0.264 e. The van der Waals surface area contributed by atoms with Crippen molar-refractivity contribution in [2.45, 2.75) is 57.1 Å². The summed E-state index contributed by atoms with van der Waals surface area (Å²) in [5.41, 5.74) is 2.79. The summed E-state index contributed by atoms with van der Waals surface area (Å²) in [6, 6.07) is 28.3. The molecule has 0 spiro atoms. The lowest BCUT2D eigenvalue weighted by molar-refractivity contribution is -0.140. The first-order chi connectivity index (χ1) is 21.5. The van der Waals surface area contributed by atoms with Crippen LogP contribution in [0, 0.1) is 6.92 Å². The summed E-state index contributed by atoms with van der Waals surface area (Å²) in [6.45, 7) is 5.31. The van der Waals surface area contributed by atoms with Gasteiger partial charge in [-0.25, -0.2) is 8.42 Å². The first-order valence-corrected chi connectivity index (χ1v) is 16.9. The Morgan fingerprint density at radius 2 is 1.42 bits per heavy atom. The molecule has 4 aromatic carbocycles. The van der Waals surface area contributed by atoms with Crippen molar-refractivity contribution < 1.29 is 18.0 Å². The molecule has 0 heterocycles. The van der Waals surface area contributed by atoms with Crippen LogP contribution >= 0.6 is 23.2 Å². The van der Waals surface area contributed by atoms with E-state index in [4.69, 9.17) is 23.2 Å². The highest BCUT2D eigenvalue weighted by atomic mass is 35.5. The minimum atomic E-state index is -4.26. The molecule has 45 heavy (non-hydrogen) atoms. The highest BCUT2D eigenvalue weighted by Crippen LogP contribution is 2.30. The van der Waals surface area contributed by atoms with Crippen LogP contribution < -0.4 is 9.62 Å². The Bertz CT molecular complexity index is 1700. The molecule has 0 aliphatic rings. The molecule has 1 N–H and O–H groups in total. The van der Waals surface area contributed by atoms with E-state index in [2.05, 4.69) is 5.32 Å². The van der Waals surface area contributed by atoms with Crippen LogP contribution in [0.1, 0.15) is 37.0 Å². The van der Waals surface area contributed by atoms with Gasteiger partial charge in [-0.15, -0.1) is 0 Å². The average Bonchev–Trinajstić information content (AvgIpc) is 3.01. The third-order valence-electron chi connectivity index (χ3n) is 7.45. The summed E-state index contributed by atoms with van der Waals surface area (Å²) in [5, 5.41) is 3.46. The van der Waals surface area contributed by atoms with Gasteiger partial charge in [-0.2, -0.15) is 0 Å². The number of halogens is 2. The van der Waals surface area contributed by atoms with Gasteiger partial charge < -0.3 is 10.2 Å². The maximum absolute atomic E-state index is 14.5. The lowest BCUT2D eigenvalue weighted by atomic mass is 10.0. The molecule has 0 radical (unpaired) electrons. The minimum Gasteiger partial charge on any atom is -0.352 e. The van der Waals surface area contributed by atoms with E-state index in [1.165, 1.54) is 35.2 Å². The molecule has 10 heteroatoms. The van der Waals surface area contributed by atoms with Crippen LogP contribution in [0.5, 0.6) is 0 Å². The molecule has 0 saturated heterocycles. The molecular weight excluding hydrogens is 629 g/mol. The van der Waals surface area contributed by atoms with Gasteiger partial charge in [-0.1, -0.05) is 108 Å². The van der Waals surface area contributed by atoms with Crippen LogP contribution in [-0.2, 0) is 32.6 Å². The van der Waals surface area contributed by atoms with E-state index in [-0.39, 0.29) is 45.5 Å². The number of anilines is 1. The summed E-state index contributed by atoms with van der Waals surface area (Å²) < 4.78 is 29.2. The van der Waals surface area contributed by atoms with Crippen molar-refractivity contribution in [3.8, 4) is 0 Å². The van der Waals surface area contributed by atoms with Crippen molar-refractivity contribution in [3.63, 3.8) is 0 Å². The van der Waals surface area contributed by atoms with Crippen LogP contribution in [0.2, 0.25) is 10.0 Å². The summed E-state index contributed by atoms with van der Waals surface area (Å²) in [4.78, 5) is 29.9. The fourth-order valence-corrected chi connectivity index (χ4v) is 6.87. The Labute approximate surface area is 275 Å². The van der Waals surface area contributed by atoms with Crippen LogP contribution in [-0.4, -0.2) is 43.8 Å². The molecule has 0 aliphatic heterocycles. The van der Waals surface area contributed by atoms with E-state index in [1.807, 2.05) is 75.4 Å². The maximum atomic E-state index is 14.5. The second-order valence-electron chi connectivity index (χ2n) is 11.0. The summed E-state index contributed by atoms with van der Waals surface area (Å²) >= 11 is 12.6. The zero-order chi connectivity index (χ0) is 32.6. The van der Waals surface area contributed by atoms with E-state index in [9.17, 15) is 18.0 Å². The standard InChI is InChI=1S/C35H37Cl2N3O4S/c1-4-26(3)38-35(42)33(19-27-13-7-5-8-14-27)39(23-28-15-11-12-25(2)18-28)34(41)24-40(31-21-29(36)20-30(37)22-31)45(43,44)32-16-9-6-10-17-32/h5-18,20-22,26,33H,4,19,23-24H2,1-3H3,(H,38,42)/t26-,33+/m0/s1. The van der Waals surface area contributed by atoms with E-state index >= 15 is 0 Å². The van der Waals surface area contributed by atoms with Gasteiger partial charge in [0, 0.05) is 29.1 Å². The number of aryl methyl sites for hydroxylation is 1. The summed E-state index contributed by atoms with van der Waals surface area (Å²) in [6.07, 6.45) is 0.934. The third-order valence-corrected chi connectivity index (χ3v) is 9.68. The van der Waals surface area contributed by atoms with Crippen LogP contribution in [0.3, 0.4) is 0 Å². The molecule has 4 rings (SSSR count). The lowest BCUT2D eigenvalue weighted by Crippen LogP contribution is -2.54. The zero-order valence-electron chi connectivity index (χ0n) is 25.5. The number of carbonyl (C=O) groups excluding carboxylic acids is 2. The third kappa shape index (κ3) is 9.10. The summed E-state index contributed by atoms with van der Waals surface area (Å²) in [7, 11) is -4.26. The first-order valence-electron chi connectivity index (χ1n) is 14.7. The number of hydrogen-bond donors (Lipinski definition) is 1. The molecule has 0 aliphatic carbocycles. The van der Waals surface area contributed by atoms with Crippen LogP contribution in [0.25, 0.3) is 0 Å². The Morgan fingerprint density at radius 3 is 2.02 bits per heavy atom. The highest BCUT2D eigenvalue weighted by Gasteiger charge is 2.35. The predicted octanol–water partition coefficient (Wildman–Crippen LogP) is 7.05. The SMILES string of the molecule is CC[C@H](C)NC(=O)[C@@H](Cc1ccccc1)N(Cc1cccc(C)c1)C(=O)CN(c1cc(Cl)cc(Cl)c1)S(=O)(=O)c1ccccc1. The molecule has 2 amide bonds. The van der Waals surface area contributed by atoms with Gasteiger partial charge in [0.25, 0.3) is 10.0 Å². The van der Waals surface area contributed by atoms with Crippen LogP contribution in [0.4, 0.5) is 5.69 Å². The van der Waals surface area contributed by atoms with Crippen molar-refractivity contribution >= 4 is 50.7 Å². The van der Waals surface area contributed by atoms with E-state index in [1.54, 1.807) is 18.2 Å². The number of carbonyl (C=O) groups is 2. The molecular formula is C35H37Cl2N3O4S. The summed E-state index contributed by atoms with van der Waals surface area (Å²) in [5.74, 6) is -0.884. The van der Waals surface area contributed by atoms with Crippen molar-refractivity contribution in [3.05, 3.63) is 130 Å². The quantitative estimate of drug-likeness (QED) is 0.166. The second-order valence-corrected chi connectivity index (χ2v) is 13.7. The normalized spacial score (nSPS) is 12.6. The Balaban J connectivity index is 1.83. The monoisotopic (exact) mass is 665 g/mol. The van der Waals surface area contributed by atoms with Gasteiger partial charge in [0.1, 0.15) is 12.6 Å². The van der Waals surface area contributed by atoms with Crippen molar-refractivity contribution in [1.29, 1.82) is 0 Å². The molecule has 236 valence electrons. The van der Waals surface area contributed by atoms with Crippen LogP contribution in [0.15, 0.2) is 108 Å². The predicted molar refractivity (Wildman–Crippen MR) is 181 cm³/mol. The van der Waals surface area contributed by atoms with E-state index in [0.717, 1.165) is 21.0 Å². The minimum absolute atomic E-state index is 0.00511. The molecule has 0 bridgehead atoms. The smallest absolute Gasteiger partial charge is 0.264 e. The first kappa shape index (κ1) is 34.0. The fourth-order valence-electron chi connectivity index (χ4n) is 4.93. The number of hydrogen-bond acceptors (Lipinski definition) is 4. The molecule has 0 saturated carbocycles. The van der Waals surface area contributed by atoms with Crippen molar-refractivity contribution in [2.75, 3.05) is 10.8 Å². The Morgan fingerprint density at radius 1 is 0.822 bits per heavy atom. The van der Waals surface area contributed by atoms with Gasteiger partial charge >= 0.3 is 0 Å².